The molecule has 0 amide bonds. The number of likely N-dealkylation sites (tertiary alicyclic amines) is 1. The summed E-state index contributed by atoms with van der Waals surface area (Å²) in [6.07, 6.45) is 2.41. The van der Waals surface area contributed by atoms with E-state index in [1.54, 1.807) is 6.07 Å². The summed E-state index contributed by atoms with van der Waals surface area (Å²) in [5, 5.41) is 3.73. The molecule has 1 heterocycles. The Morgan fingerprint density at radius 1 is 1.40 bits per heavy atom. The summed E-state index contributed by atoms with van der Waals surface area (Å²) in [7, 11) is 2.17. The van der Waals surface area contributed by atoms with E-state index in [1.807, 2.05) is 6.07 Å². The Hall–Kier alpha value is -0.640. The van der Waals surface area contributed by atoms with Crippen LogP contribution < -0.4 is 5.32 Å². The van der Waals surface area contributed by atoms with Crippen molar-refractivity contribution in [3.8, 4) is 0 Å². The fourth-order valence-corrected chi connectivity index (χ4v) is 2.75. The van der Waals surface area contributed by atoms with E-state index < -0.39 is 0 Å². The molecule has 1 atom stereocenters. The average molecular weight is 299 g/mol. The molecule has 1 aromatic carbocycles. The topological polar surface area (TPSA) is 15.3 Å². The summed E-state index contributed by atoms with van der Waals surface area (Å²) >= 11 is 5.72. The molecule has 1 saturated heterocycles. The summed E-state index contributed by atoms with van der Waals surface area (Å²) < 4.78 is 13.5. The van der Waals surface area contributed by atoms with Gasteiger partial charge in [-0.1, -0.05) is 24.6 Å². The second-order valence-corrected chi connectivity index (χ2v) is 6.80. The molecule has 0 aliphatic carbocycles. The SMILES string of the molecule is CC(NCC1(C)CCN(C)CC1)c1ccc(Cl)c(F)c1. The predicted molar refractivity (Wildman–Crippen MR) is 82.7 cm³/mol. The monoisotopic (exact) mass is 298 g/mol. The molecule has 20 heavy (non-hydrogen) atoms. The summed E-state index contributed by atoms with van der Waals surface area (Å²) in [5.74, 6) is -0.344. The number of halogens is 2. The third kappa shape index (κ3) is 3.94. The third-order valence-corrected chi connectivity index (χ3v) is 4.78. The molecule has 1 unspecified atom stereocenters. The largest absolute Gasteiger partial charge is 0.310 e. The van der Waals surface area contributed by atoms with Crippen LogP contribution in [0.15, 0.2) is 18.2 Å². The van der Waals surface area contributed by atoms with Gasteiger partial charge in [0.1, 0.15) is 5.82 Å². The van der Waals surface area contributed by atoms with Gasteiger partial charge in [0.2, 0.25) is 0 Å². The molecule has 0 aromatic heterocycles. The average Bonchev–Trinajstić information content (AvgIpc) is 2.43. The molecule has 1 aromatic rings. The van der Waals surface area contributed by atoms with E-state index in [1.165, 1.54) is 18.9 Å². The van der Waals surface area contributed by atoms with E-state index in [4.69, 9.17) is 11.6 Å². The smallest absolute Gasteiger partial charge is 0.142 e. The summed E-state index contributed by atoms with van der Waals surface area (Å²) in [6, 6.07) is 5.18. The van der Waals surface area contributed by atoms with Crippen LogP contribution in [0.2, 0.25) is 5.02 Å². The highest BCUT2D eigenvalue weighted by Crippen LogP contribution is 2.30. The van der Waals surface area contributed by atoms with E-state index >= 15 is 0 Å². The Labute approximate surface area is 126 Å². The van der Waals surface area contributed by atoms with E-state index in [0.717, 1.165) is 25.2 Å². The fourth-order valence-electron chi connectivity index (χ4n) is 2.63. The van der Waals surface area contributed by atoms with Gasteiger partial charge in [0, 0.05) is 12.6 Å². The number of hydrogen-bond acceptors (Lipinski definition) is 2. The van der Waals surface area contributed by atoms with Gasteiger partial charge in [-0.25, -0.2) is 4.39 Å². The van der Waals surface area contributed by atoms with Crippen LogP contribution in [0.25, 0.3) is 0 Å². The lowest BCUT2D eigenvalue weighted by Gasteiger charge is -2.38. The normalized spacial score (nSPS) is 20.9. The van der Waals surface area contributed by atoms with E-state index in [-0.39, 0.29) is 16.9 Å². The van der Waals surface area contributed by atoms with Crippen molar-refractivity contribution >= 4 is 11.6 Å². The molecule has 1 aliphatic heterocycles. The first-order valence-electron chi connectivity index (χ1n) is 7.26. The molecule has 112 valence electrons. The first kappa shape index (κ1) is 15.7. The van der Waals surface area contributed by atoms with Crippen LogP contribution in [0.1, 0.15) is 38.3 Å². The van der Waals surface area contributed by atoms with E-state index in [9.17, 15) is 4.39 Å². The minimum atomic E-state index is -0.344. The highest BCUT2D eigenvalue weighted by atomic mass is 35.5. The van der Waals surface area contributed by atoms with E-state index in [2.05, 4.69) is 31.1 Å². The second kappa shape index (κ2) is 6.42. The molecule has 1 aliphatic rings. The van der Waals surface area contributed by atoms with Gasteiger partial charge in [0.15, 0.2) is 0 Å². The summed E-state index contributed by atoms with van der Waals surface area (Å²) in [5.41, 5.74) is 1.29. The van der Waals surface area contributed by atoms with Crippen molar-refractivity contribution in [2.75, 3.05) is 26.7 Å². The number of nitrogens with zero attached hydrogens (tertiary/aromatic N) is 1. The zero-order valence-corrected chi connectivity index (χ0v) is 13.3. The first-order chi connectivity index (χ1) is 9.39. The standard InChI is InChI=1S/C16H24ClFN2/c1-12(13-4-5-14(17)15(18)10-13)19-11-16(2)6-8-20(3)9-7-16/h4-5,10,12,19H,6-9,11H2,1-3H3. The Kier molecular flexibility index (Phi) is 5.05. The Morgan fingerprint density at radius 3 is 2.65 bits per heavy atom. The van der Waals surface area contributed by atoms with Gasteiger partial charge in [-0.2, -0.15) is 0 Å². The van der Waals surface area contributed by atoms with Crippen molar-refractivity contribution in [3.63, 3.8) is 0 Å². The van der Waals surface area contributed by atoms with Crippen molar-refractivity contribution in [3.05, 3.63) is 34.6 Å². The number of benzene rings is 1. The van der Waals surface area contributed by atoms with Gasteiger partial charge in [0.25, 0.3) is 0 Å². The molecule has 1 fully saturated rings. The minimum Gasteiger partial charge on any atom is -0.310 e. The maximum atomic E-state index is 13.5. The fraction of sp³-hybridized carbons (Fsp3) is 0.625. The first-order valence-corrected chi connectivity index (χ1v) is 7.64. The van der Waals surface area contributed by atoms with Crippen LogP contribution in [0, 0.1) is 11.2 Å². The van der Waals surface area contributed by atoms with Gasteiger partial charge in [-0.05, 0) is 63.0 Å². The Morgan fingerprint density at radius 2 is 2.05 bits per heavy atom. The zero-order valence-electron chi connectivity index (χ0n) is 12.5. The number of rotatable bonds is 4. The van der Waals surface area contributed by atoms with Crippen molar-refractivity contribution in [1.29, 1.82) is 0 Å². The molecular weight excluding hydrogens is 275 g/mol. The molecule has 2 nitrogen and oxygen atoms in total. The summed E-state index contributed by atoms with van der Waals surface area (Å²) in [6.45, 7) is 7.68. The number of hydrogen-bond donors (Lipinski definition) is 1. The van der Waals surface area contributed by atoms with Gasteiger partial charge in [-0.3, -0.25) is 0 Å². The van der Waals surface area contributed by atoms with Crippen LogP contribution >= 0.6 is 11.6 Å². The second-order valence-electron chi connectivity index (χ2n) is 6.39. The molecule has 4 heteroatoms. The minimum absolute atomic E-state index is 0.137. The molecular formula is C16H24ClFN2. The van der Waals surface area contributed by atoms with Crippen molar-refractivity contribution in [2.45, 2.75) is 32.7 Å². The Bertz CT molecular complexity index is 456. The lowest BCUT2D eigenvalue weighted by atomic mass is 9.80. The van der Waals surface area contributed by atoms with Gasteiger partial charge < -0.3 is 10.2 Å². The van der Waals surface area contributed by atoms with Crippen LogP contribution in [0.5, 0.6) is 0 Å². The molecule has 1 N–H and O–H groups in total. The van der Waals surface area contributed by atoms with Crippen LogP contribution in [-0.4, -0.2) is 31.6 Å². The van der Waals surface area contributed by atoms with E-state index in [0.29, 0.717) is 5.41 Å². The van der Waals surface area contributed by atoms with Crippen molar-refractivity contribution < 1.29 is 4.39 Å². The van der Waals surface area contributed by atoms with Gasteiger partial charge in [0.05, 0.1) is 5.02 Å². The van der Waals surface area contributed by atoms with Gasteiger partial charge >= 0.3 is 0 Å². The number of nitrogens with one attached hydrogen (secondary N) is 1. The lowest BCUT2D eigenvalue weighted by Crippen LogP contribution is -2.42. The molecule has 0 radical (unpaired) electrons. The molecule has 0 bridgehead atoms. The predicted octanol–water partition coefficient (Wildman–Crippen LogP) is 3.86. The molecule has 2 rings (SSSR count). The quantitative estimate of drug-likeness (QED) is 0.908. The molecule has 0 spiro atoms. The lowest BCUT2D eigenvalue weighted by molar-refractivity contribution is 0.134. The maximum absolute atomic E-state index is 13.5. The molecule has 0 saturated carbocycles. The summed E-state index contributed by atoms with van der Waals surface area (Å²) in [4.78, 5) is 2.37. The number of piperidine rings is 1. The third-order valence-electron chi connectivity index (χ3n) is 4.47. The van der Waals surface area contributed by atoms with Crippen molar-refractivity contribution in [2.24, 2.45) is 5.41 Å². The van der Waals surface area contributed by atoms with Crippen molar-refractivity contribution in [1.82, 2.24) is 10.2 Å². The maximum Gasteiger partial charge on any atom is 0.142 e. The Balaban J connectivity index is 1.91. The van der Waals surface area contributed by atoms with Gasteiger partial charge in [-0.15, -0.1) is 0 Å². The highest BCUT2D eigenvalue weighted by molar-refractivity contribution is 6.30. The van der Waals surface area contributed by atoms with Crippen LogP contribution in [-0.2, 0) is 0 Å². The zero-order chi connectivity index (χ0) is 14.8. The highest BCUT2D eigenvalue weighted by Gasteiger charge is 2.28. The van der Waals surface area contributed by atoms with Crippen LogP contribution in [0.3, 0.4) is 0 Å². The van der Waals surface area contributed by atoms with Crippen LogP contribution in [0.4, 0.5) is 4.39 Å².